The van der Waals surface area contributed by atoms with Gasteiger partial charge in [-0.05, 0) is 95.5 Å². The standard InChI is InChI=1S/C32H48O9/c1-18-27-24(40-28(2,3)41-27)14-26(38-18)39-20-5-10-30(17-33)22-6-9-29(4)21(19-13-25(34)37-16-19)8-12-32(29,36)23(22)7-11-31(30,35)15-20/h13,18,20-24,26-27,33,35-36H,5-12,14-17H2,1-4H3. The summed E-state index contributed by atoms with van der Waals surface area (Å²) in [6.07, 6.45) is 7.46. The number of hydrogen-bond donors (Lipinski definition) is 3. The molecule has 12 unspecified atom stereocenters. The van der Waals surface area contributed by atoms with Crippen molar-refractivity contribution in [1.82, 2.24) is 0 Å². The lowest BCUT2D eigenvalue weighted by Gasteiger charge is -2.66. The Balaban J connectivity index is 1.08. The molecule has 0 aromatic carbocycles. The van der Waals surface area contributed by atoms with Crippen molar-refractivity contribution in [2.45, 2.75) is 140 Å². The van der Waals surface area contributed by atoms with E-state index in [1.54, 1.807) is 6.08 Å². The number of carbonyl (C=O) groups is 1. The summed E-state index contributed by atoms with van der Waals surface area (Å²) < 4.78 is 30.1. The molecule has 2 saturated heterocycles. The SMILES string of the molecule is CC1OC(OC2CCC3(CO)C4CCC5(C)C(C6=CC(=O)OC6)CCC5(O)C4CCC3(O)C2)CC2OC(C)(C)OC12. The van der Waals surface area contributed by atoms with Crippen LogP contribution in [0.15, 0.2) is 11.6 Å². The topological polar surface area (TPSA) is 124 Å². The largest absolute Gasteiger partial charge is 0.458 e. The second-order valence-corrected chi connectivity index (χ2v) is 15.0. The maximum absolute atomic E-state index is 12.5. The van der Waals surface area contributed by atoms with Gasteiger partial charge < -0.3 is 39.0 Å². The lowest BCUT2D eigenvalue weighted by molar-refractivity contribution is -0.292. The highest BCUT2D eigenvalue weighted by Gasteiger charge is 2.71. The fraction of sp³-hybridized carbons (Fsp3) is 0.906. The molecule has 12 atom stereocenters. The van der Waals surface area contributed by atoms with E-state index in [0.29, 0.717) is 45.1 Å². The van der Waals surface area contributed by atoms with Gasteiger partial charge in [0.25, 0.3) is 0 Å². The quantitative estimate of drug-likeness (QED) is 0.341. The molecule has 0 bridgehead atoms. The minimum Gasteiger partial charge on any atom is -0.458 e. The molecule has 9 nitrogen and oxygen atoms in total. The van der Waals surface area contributed by atoms with Gasteiger partial charge in [0, 0.05) is 29.7 Å². The Hall–Kier alpha value is -1.07. The molecule has 7 rings (SSSR count). The second kappa shape index (κ2) is 9.46. The van der Waals surface area contributed by atoms with E-state index in [4.69, 9.17) is 23.7 Å². The second-order valence-electron chi connectivity index (χ2n) is 15.0. The highest BCUT2D eigenvalue weighted by atomic mass is 16.8. The highest BCUT2D eigenvalue weighted by molar-refractivity contribution is 5.85. The first kappa shape index (κ1) is 28.7. The Morgan fingerprint density at radius 3 is 2.51 bits per heavy atom. The molecule has 6 fully saturated rings. The van der Waals surface area contributed by atoms with E-state index in [0.717, 1.165) is 31.3 Å². The van der Waals surface area contributed by atoms with Crippen molar-refractivity contribution >= 4 is 5.97 Å². The van der Waals surface area contributed by atoms with Gasteiger partial charge >= 0.3 is 5.97 Å². The van der Waals surface area contributed by atoms with E-state index in [1.807, 2.05) is 20.8 Å². The number of esters is 1. The molecular weight excluding hydrogens is 528 g/mol. The fourth-order valence-electron chi connectivity index (χ4n) is 10.9. The predicted octanol–water partition coefficient (Wildman–Crippen LogP) is 3.37. The van der Waals surface area contributed by atoms with Gasteiger partial charge in [0.05, 0.1) is 36.1 Å². The van der Waals surface area contributed by atoms with Crippen molar-refractivity contribution in [3.63, 3.8) is 0 Å². The van der Waals surface area contributed by atoms with Crippen LogP contribution in [-0.2, 0) is 28.5 Å². The average molecular weight is 577 g/mol. The number of carbonyl (C=O) groups excluding carboxylic acids is 1. The summed E-state index contributed by atoms with van der Waals surface area (Å²) in [5.41, 5.74) is -1.98. The molecule has 4 aliphatic carbocycles. The van der Waals surface area contributed by atoms with Gasteiger partial charge in [-0.25, -0.2) is 4.79 Å². The molecule has 4 saturated carbocycles. The van der Waals surface area contributed by atoms with Crippen LogP contribution >= 0.6 is 0 Å². The van der Waals surface area contributed by atoms with Crippen LogP contribution in [0, 0.1) is 28.6 Å². The summed E-state index contributed by atoms with van der Waals surface area (Å²) in [5, 5.41) is 35.8. The molecule has 3 N–H and O–H groups in total. The third-order valence-corrected chi connectivity index (χ3v) is 12.9. The lowest BCUT2D eigenvalue weighted by Crippen LogP contribution is -2.69. The van der Waals surface area contributed by atoms with Crippen molar-refractivity contribution in [2.75, 3.05) is 13.2 Å². The number of rotatable bonds is 4. The third-order valence-electron chi connectivity index (χ3n) is 12.9. The molecule has 0 amide bonds. The summed E-state index contributed by atoms with van der Waals surface area (Å²) in [4.78, 5) is 11.9. The zero-order valence-electron chi connectivity index (χ0n) is 25.0. The van der Waals surface area contributed by atoms with Crippen LogP contribution in [0.4, 0.5) is 0 Å². The van der Waals surface area contributed by atoms with E-state index in [9.17, 15) is 20.1 Å². The molecule has 9 heteroatoms. The summed E-state index contributed by atoms with van der Waals surface area (Å²) in [6.45, 7) is 8.26. The molecule has 0 spiro atoms. The Morgan fingerprint density at radius 2 is 1.78 bits per heavy atom. The van der Waals surface area contributed by atoms with Crippen LogP contribution in [0.1, 0.15) is 91.9 Å². The van der Waals surface area contributed by atoms with Crippen molar-refractivity contribution in [3.05, 3.63) is 11.6 Å². The molecule has 230 valence electrons. The molecule has 0 aromatic heterocycles. The Labute approximate surface area is 242 Å². The van der Waals surface area contributed by atoms with Crippen molar-refractivity contribution in [2.24, 2.45) is 28.6 Å². The van der Waals surface area contributed by atoms with E-state index in [2.05, 4.69) is 6.92 Å². The fourth-order valence-corrected chi connectivity index (χ4v) is 10.9. The number of fused-ring (bicyclic) bond motifs is 6. The molecule has 0 radical (unpaired) electrons. The van der Waals surface area contributed by atoms with E-state index in [-0.39, 0.29) is 60.2 Å². The van der Waals surface area contributed by atoms with Crippen LogP contribution < -0.4 is 0 Å². The summed E-state index contributed by atoms with van der Waals surface area (Å²) >= 11 is 0. The first-order valence-electron chi connectivity index (χ1n) is 15.9. The Bertz CT molecular complexity index is 1110. The van der Waals surface area contributed by atoms with Crippen LogP contribution in [0.25, 0.3) is 0 Å². The first-order valence-corrected chi connectivity index (χ1v) is 15.9. The maximum atomic E-state index is 12.5. The molecule has 41 heavy (non-hydrogen) atoms. The molecule has 7 aliphatic rings. The van der Waals surface area contributed by atoms with Gasteiger partial charge in [0.1, 0.15) is 12.7 Å². The van der Waals surface area contributed by atoms with E-state index in [1.165, 1.54) is 0 Å². The predicted molar refractivity (Wildman–Crippen MR) is 146 cm³/mol. The van der Waals surface area contributed by atoms with E-state index < -0.39 is 28.7 Å². The summed E-state index contributed by atoms with van der Waals surface area (Å²) in [5.74, 6) is -0.781. The Morgan fingerprint density at radius 1 is 1.00 bits per heavy atom. The monoisotopic (exact) mass is 576 g/mol. The normalized spacial score (nSPS) is 54.0. The van der Waals surface area contributed by atoms with Gasteiger partial charge in [-0.2, -0.15) is 0 Å². The summed E-state index contributed by atoms with van der Waals surface area (Å²) in [7, 11) is 0. The van der Waals surface area contributed by atoms with Crippen LogP contribution in [-0.4, -0.2) is 82.2 Å². The zero-order chi connectivity index (χ0) is 29.0. The van der Waals surface area contributed by atoms with E-state index >= 15 is 0 Å². The first-order chi connectivity index (χ1) is 19.3. The van der Waals surface area contributed by atoms with Gasteiger partial charge in [-0.1, -0.05) is 6.92 Å². The van der Waals surface area contributed by atoms with Gasteiger partial charge in [-0.3, -0.25) is 0 Å². The average Bonchev–Trinajstić information content (AvgIpc) is 3.55. The van der Waals surface area contributed by atoms with Crippen LogP contribution in [0.2, 0.25) is 0 Å². The van der Waals surface area contributed by atoms with Gasteiger partial charge in [0.15, 0.2) is 12.1 Å². The molecule has 3 aliphatic heterocycles. The number of cyclic esters (lactones) is 1. The zero-order valence-corrected chi connectivity index (χ0v) is 25.0. The van der Waals surface area contributed by atoms with Crippen molar-refractivity contribution in [1.29, 1.82) is 0 Å². The van der Waals surface area contributed by atoms with Crippen LogP contribution in [0.3, 0.4) is 0 Å². The highest BCUT2D eigenvalue weighted by Crippen LogP contribution is 2.70. The van der Waals surface area contributed by atoms with Crippen LogP contribution in [0.5, 0.6) is 0 Å². The summed E-state index contributed by atoms with van der Waals surface area (Å²) in [6, 6.07) is 0. The van der Waals surface area contributed by atoms with Gasteiger partial charge in [-0.15, -0.1) is 0 Å². The van der Waals surface area contributed by atoms with Crippen molar-refractivity contribution in [3.8, 4) is 0 Å². The molecule has 0 aromatic rings. The smallest absolute Gasteiger partial charge is 0.331 e. The van der Waals surface area contributed by atoms with Gasteiger partial charge in [0.2, 0.25) is 0 Å². The Kier molecular flexibility index (Phi) is 6.62. The minimum atomic E-state index is -1.07. The molecular formula is C32H48O9. The number of hydrogen-bond acceptors (Lipinski definition) is 9. The van der Waals surface area contributed by atoms with Crippen molar-refractivity contribution < 1.29 is 43.8 Å². The number of ether oxygens (including phenoxy) is 5. The number of aliphatic hydroxyl groups is 3. The molecule has 3 heterocycles. The lowest BCUT2D eigenvalue weighted by atomic mass is 9.41. The maximum Gasteiger partial charge on any atom is 0.331 e. The third kappa shape index (κ3) is 4.09. The minimum absolute atomic E-state index is 0.00269. The number of aliphatic hydroxyl groups excluding tert-OH is 1.